The highest BCUT2D eigenvalue weighted by atomic mass is 79.9. The third-order valence-corrected chi connectivity index (χ3v) is 6.84. The first-order chi connectivity index (χ1) is 14.5. The summed E-state index contributed by atoms with van der Waals surface area (Å²) in [5.74, 6) is 0.320. The van der Waals surface area contributed by atoms with Crippen molar-refractivity contribution in [3.63, 3.8) is 0 Å². The number of thioether (sulfide) groups is 1. The highest BCUT2D eigenvalue weighted by molar-refractivity contribution is 9.10. The summed E-state index contributed by atoms with van der Waals surface area (Å²) in [6, 6.07) is 11.8. The van der Waals surface area contributed by atoms with Crippen LogP contribution in [0.2, 0.25) is 0 Å². The van der Waals surface area contributed by atoms with Crippen LogP contribution in [0.4, 0.5) is 4.39 Å². The first kappa shape index (κ1) is 21.5. The fraction of sp³-hybridized carbons (Fsp3) is 0.273. The van der Waals surface area contributed by atoms with Crippen LogP contribution >= 0.6 is 39.9 Å². The van der Waals surface area contributed by atoms with Crippen molar-refractivity contribution in [1.82, 2.24) is 4.90 Å². The number of carbonyl (C=O) groups excluding carboxylic acids is 1. The number of thiocarbonyl (C=S) groups is 1. The van der Waals surface area contributed by atoms with Crippen LogP contribution in [0.25, 0.3) is 6.08 Å². The van der Waals surface area contributed by atoms with Gasteiger partial charge in [0.15, 0.2) is 0 Å². The molecule has 2 aliphatic heterocycles. The molecule has 2 aliphatic rings. The molecule has 0 unspecified atom stereocenters. The summed E-state index contributed by atoms with van der Waals surface area (Å²) < 4.78 is 25.8. The number of hydrogen-bond acceptors (Lipinski definition) is 5. The van der Waals surface area contributed by atoms with Crippen molar-refractivity contribution < 1.29 is 18.7 Å². The van der Waals surface area contributed by atoms with Gasteiger partial charge in [0.05, 0.1) is 22.0 Å². The van der Waals surface area contributed by atoms with Gasteiger partial charge in [-0.15, -0.1) is 0 Å². The molecule has 8 heteroatoms. The standard InChI is InChI=1S/C22H19BrFNO3S2/c23-18-10-15(5-8-19(18)28-13-14-3-6-16(24)7-4-14)11-20-21(26)25(22(29)30-20)12-17-2-1-9-27-17/h3-8,10-11,17H,1-2,9,12-13H2/b20-11-/t17-/m0/s1. The fourth-order valence-electron chi connectivity index (χ4n) is 3.27. The SMILES string of the molecule is O=C1/C(=C/c2ccc(OCc3ccc(F)cc3)c(Br)c2)SC(=S)N1C[C@@H]1CCCO1. The summed E-state index contributed by atoms with van der Waals surface area (Å²) in [6.45, 7) is 1.60. The van der Waals surface area contributed by atoms with E-state index in [2.05, 4.69) is 15.9 Å². The van der Waals surface area contributed by atoms with Crippen LogP contribution in [0.3, 0.4) is 0 Å². The highest BCUT2D eigenvalue weighted by Crippen LogP contribution is 2.35. The van der Waals surface area contributed by atoms with Crippen LogP contribution in [0.1, 0.15) is 24.0 Å². The van der Waals surface area contributed by atoms with E-state index in [1.165, 1.54) is 23.9 Å². The van der Waals surface area contributed by atoms with Crippen molar-refractivity contribution in [2.24, 2.45) is 0 Å². The van der Waals surface area contributed by atoms with E-state index in [0.717, 1.165) is 35.0 Å². The Hall–Kier alpha value is -1.74. The molecule has 0 saturated carbocycles. The Kier molecular flexibility index (Phi) is 6.87. The van der Waals surface area contributed by atoms with Crippen molar-refractivity contribution in [2.75, 3.05) is 13.2 Å². The van der Waals surface area contributed by atoms with E-state index in [1.54, 1.807) is 17.0 Å². The maximum absolute atomic E-state index is 13.0. The molecule has 2 heterocycles. The molecule has 2 aromatic carbocycles. The van der Waals surface area contributed by atoms with Crippen LogP contribution in [0.15, 0.2) is 51.8 Å². The molecule has 4 rings (SSSR count). The monoisotopic (exact) mass is 507 g/mol. The summed E-state index contributed by atoms with van der Waals surface area (Å²) in [5.41, 5.74) is 1.75. The van der Waals surface area contributed by atoms with Gasteiger partial charge in [-0.25, -0.2) is 4.39 Å². The molecule has 4 nitrogen and oxygen atoms in total. The third-order valence-electron chi connectivity index (χ3n) is 4.85. The lowest BCUT2D eigenvalue weighted by Gasteiger charge is -2.18. The first-order valence-corrected chi connectivity index (χ1v) is 11.5. The van der Waals surface area contributed by atoms with Gasteiger partial charge < -0.3 is 9.47 Å². The van der Waals surface area contributed by atoms with Crippen LogP contribution < -0.4 is 4.74 Å². The molecule has 0 aliphatic carbocycles. The van der Waals surface area contributed by atoms with Gasteiger partial charge in [-0.3, -0.25) is 9.69 Å². The minimum absolute atomic E-state index is 0.0681. The lowest BCUT2D eigenvalue weighted by molar-refractivity contribution is -0.123. The second-order valence-corrected chi connectivity index (χ2v) is 9.56. The maximum atomic E-state index is 13.0. The predicted molar refractivity (Wildman–Crippen MR) is 124 cm³/mol. The van der Waals surface area contributed by atoms with E-state index in [0.29, 0.717) is 28.1 Å². The zero-order valence-corrected chi connectivity index (χ0v) is 19.2. The molecule has 1 amide bonds. The molecule has 0 N–H and O–H groups in total. The topological polar surface area (TPSA) is 38.8 Å². The van der Waals surface area contributed by atoms with Crippen LogP contribution in [-0.2, 0) is 16.1 Å². The molecule has 0 bridgehead atoms. The van der Waals surface area contributed by atoms with Crippen LogP contribution in [0.5, 0.6) is 5.75 Å². The first-order valence-electron chi connectivity index (χ1n) is 9.53. The predicted octanol–water partition coefficient (Wildman–Crippen LogP) is 5.55. The summed E-state index contributed by atoms with van der Waals surface area (Å²) in [7, 11) is 0. The molecule has 2 saturated heterocycles. The summed E-state index contributed by atoms with van der Waals surface area (Å²) in [5, 5.41) is 0. The van der Waals surface area contributed by atoms with Gasteiger partial charge in [0.1, 0.15) is 22.5 Å². The number of carbonyl (C=O) groups is 1. The highest BCUT2D eigenvalue weighted by Gasteiger charge is 2.34. The van der Waals surface area contributed by atoms with Crippen LogP contribution in [0, 0.1) is 5.82 Å². The van der Waals surface area contributed by atoms with Crippen LogP contribution in [-0.4, -0.2) is 34.4 Å². The van der Waals surface area contributed by atoms with E-state index in [9.17, 15) is 9.18 Å². The molecule has 0 spiro atoms. The fourth-order valence-corrected chi connectivity index (χ4v) is 5.05. The third kappa shape index (κ3) is 5.11. The largest absolute Gasteiger partial charge is 0.488 e. The quantitative estimate of drug-likeness (QED) is 0.378. The molecule has 2 aromatic rings. The van der Waals surface area contributed by atoms with Gasteiger partial charge in [0.25, 0.3) is 5.91 Å². The maximum Gasteiger partial charge on any atom is 0.266 e. The summed E-state index contributed by atoms with van der Waals surface area (Å²) in [6.07, 6.45) is 3.89. The van der Waals surface area contributed by atoms with E-state index in [-0.39, 0.29) is 17.8 Å². The second kappa shape index (κ2) is 9.60. The van der Waals surface area contributed by atoms with Crippen molar-refractivity contribution in [2.45, 2.75) is 25.6 Å². The zero-order valence-electron chi connectivity index (χ0n) is 16.0. The normalized spacial score (nSPS) is 20.4. The minimum Gasteiger partial charge on any atom is -0.488 e. The number of amides is 1. The number of halogens is 2. The Bertz CT molecular complexity index is 990. The number of hydrogen-bond donors (Lipinski definition) is 0. The Labute approximate surface area is 192 Å². The van der Waals surface area contributed by atoms with Crippen molar-refractivity contribution >= 4 is 56.2 Å². The lowest BCUT2D eigenvalue weighted by atomic mass is 10.2. The van der Waals surface area contributed by atoms with Crippen molar-refractivity contribution in [1.29, 1.82) is 0 Å². The Morgan fingerprint density at radius 2 is 2.10 bits per heavy atom. The zero-order chi connectivity index (χ0) is 21.1. The molecular formula is C22H19BrFNO3S2. The van der Waals surface area contributed by atoms with E-state index < -0.39 is 0 Å². The minimum atomic E-state index is -0.273. The van der Waals surface area contributed by atoms with Gasteiger partial charge >= 0.3 is 0 Å². The number of nitrogens with zero attached hydrogens (tertiary/aromatic N) is 1. The average Bonchev–Trinajstić information content (AvgIpc) is 3.33. The molecule has 2 fully saturated rings. The molecular weight excluding hydrogens is 489 g/mol. The Morgan fingerprint density at radius 1 is 1.30 bits per heavy atom. The van der Waals surface area contributed by atoms with Crippen molar-refractivity contribution in [3.05, 3.63) is 68.8 Å². The molecule has 0 radical (unpaired) electrons. The lowest BCUT2D eigenvalue weighted by Crippen LogP contribution is -2.35. The van der Waals surface area contributed by atoms with Gasteiger partial charge in [0.2, 0.25) is 0 Å². The van der Waals surface area contributed by atoms with Gasteiger partial charge in [0, 0.05) is 6.61 Å². The molecule has 1 atom stereocenters. The van der Waals surface area contributed by atoms with Gasteiger partial charge in [-0.05, 0) is 70.2 Å². The van der Waals surface area contributed by atoms with E-state index in [1.807, 2.05) is 24.3 Å². The number of ether oxygens (including phenoxy) is 2. The summed E-state index contributed by atoms with van der Waals surface area (Å²) in [4.78, 5) is 15.0. The average molecular weight is 508 g/mol. The number of benzene rings is 2. The summed E-state index contributed by atoms with van der Waals surface area (Å²) >= 11 is 10.2. The van der Waals surface area contributed by atoms with Gasteiger partial charge in [-0.1, -0.05) is 42.2 Å². The van der Waals surface area contributed by atoms with E-state index >= 15 is 0 Å². The number of rotatable bonds is 6. The molecule has 156 valence electrons. The Balaban J connectivity index is 1.42. The smallest absolute Gasteiger partial charge is 0.266 e. The molecule has 30 heavy (non-hydrogen) atoms. The van der Waals surface area contributed by atoms with E-state index in [4.69, 9.17) is 21.7 Å². The molecule has 0 aromatic heterocycles. The van der Waals surface area contributed by atoms with Gasteiger partial charge in [-0.2, -0.15) is 0 Å². The Morgan fingerprint density at radius 3 is 2.80 bits per heavy atom. The second-order valence-electron chi connectivity index (χ2n) is 7.03. The van der Waals surface area contributed by atoms with Crippen molar-refractivity contribution in [3.8, 4) is 5.75 Å².